The fourth-order valence-corrected chi connectivity index (χ4v) is 2.62. The molecule has 4 nitrogen and oxygen atoms in total. The van der Waals surface area contributed by atoms with Crippen LogP contribution in [0, 0.1) is 6.92 Å². The zero-order valence-electron chi connectivity index (χ0n) is 14.0. The van der Waals surface area contributed by atoms with E-state index in [9.17, 15) is 0 Å². The summed E-state index contributed by atoms with van der Waals surface area (Å²) in [5.41, 5.74) is 1.21. The number of aryl methyl sites for hydroxylation is 1. The molecule has 22 heavy (non-hydrogen) atoms. The highest BCUT2D eigenvalue weighted by Crippen LogP contribution is 2.28. The van der Waals surface area contributed by atoms with Gasteiger partial charge in [0.05, 0.1) is 20.3 Å². The predicted octanol–water partition coefficient (Wildman–Crippen LogP) is 3.89. The molecular formula is C18H25NO3. The SMILES string of the molecule is COc1ccc(CC(C)NC(C)c2ccc(C)o2)cc1OC. The van der Waals surface area contributed by atoms with Crippen LogP contribution in [0.25, 0.3) is 0 Å². The van der Waals surface area contributed by atoms with Gasteiger partial charge in [-0.1, -0.05) is 6.07 Å². The maximum Gasteiger partial charge on any atom is 0.160 e. The molecule has 2 unspecified atom stereocenters. The van der Waals surface area contributed by atoms with Gasteiger partial charge in [-0.2, -0.15) is 0 Å². The van der Waals surface area contributed by atoms with Gasteiger partial charge in [0.2, 0.25) is 0 Å². The maximum atomic E-state index is 5.66. The lowest BCUT2D eigenvalue weighted by Gasteiger charge is -2.19. The lowest BCUT2D eigenvalue weighted by molar-refractivity contribution is 0.354. The van der Waals surface area contributed by atoms with Crippen LogP contribution in [0.4, 0.5) is 0 Å². The second-order valence-electron chi connectivity index (χ2n) is 5.63. The van der Waals surface area contributed by atoms with E-state index in [1.807, 2.05) is 31.2 Å². The Bertz CT molecular complexity index is 606. The minimum absolute atomic E-state index is 0.184. The number of benzene rings is 1. The fourth-order valence-electron chi connectivity index (χ4n) is 2.62. The monoisotopic (exact) mass is 303 g/mol. The van der Waals surface area contributed by atoms with Gasteiger partial charge in [-0.25, -0.2) is 0 Å². The number of methoxy groups -OCH3 is 2. The molecule has 2 rings (SSSR count). The quantitative estimate of drug-likeness (QED) is 0.843. The summed E-state index contributed by atoms with van der Waals surface area (Å²) in [6.45, 7) is 6.25. The van der Waals surface area contributed by atoms with Crippen molar-refractivity contribution in [2.24, 2.45) is 0 Å². The summed E-state index contributed by atoms with van der Waals surface area (Å²) in [4.78, 5) is 0. The van der Waals surface area contributed by atoms with Gasteiger partial charge in [0.25, 0.3) is 0 Å². The molecule has 0 aliphatic rings. The van der Waals surface area contributed by atoms with E-state index in [1.165, 1.54) is 5.56 Å². The van der Waals surface area contributed by atoms with E-state index in [0.29, 0.717) is 6.04 Å². The van der Waals surface area contributed by atoms with Crippen LogP contribution < -0.4 is 14.8 Å². The molecule has 120 valence electrons. The highest BCUT2D eigenvalue weighted by atomic mass is 16.5. The third kappa shape index (κ3) is 4.04. The Balaban J connectivity index is 1.98. The molecule has 0 fully saturated rings. The summed E-state index contributed by atoms with van der Waals surface area (Å²) < 4.78 is 16.3. The molecule has 4 heteroatoms. The van der Waals surface area contributed by atoms with Gasteiger partial charge < -0.3 is 19.2 Å². The fraction of sp³-hybridized carbons (Fsp3) is 0.444. The van der Waals surface area contributed by atoms with Crippen LogP contribution in [0.3, 0.4) is 0 Å². The number of nitrogens with one attached hydrogen (secondary N) is 1. The molecule has 0 saturated heterocycles. The van der Waals surface area contributed by atoms with Crippen molar-refractivity contribution in [2.45, 2.75) is 39.3 Å². The van der Waals surface area contributed by atoms with E-state index in [1.54, 1.807) is 14.2 Å². The van der Waals surface area contributed by atoms with Crippen LogP contribution in [-0.2, 0) is 6.42 Å². The van der Waals surface area contributed by atoms with Crippen molar-refractivity contribution in [1.29, 1.82) is 0 Å². The van der Waals surface area contributed by atoms with Crippen molar-refractivity contribution < 1.29 is 13.9 Å². The lowest BCUT2D eigenvalue weighted by Crippen LogP contribution is -2.30. The van der Waals surface area contributed by atoms with E-state index in [-0.39, 0.29) is 6.04 Å². The van der Waals surface area contributed by atoms with Gasteiger partial charge in [0, 0.05) is 6.04 Å². The Labute approximate surface area is 132 Å². The number of hydrogen-bond acceptors (Lipinski definition) is 4. The average molecular weight is 303 g/mol. The molecule has 0 saturated carbocycles. The third-order valence-electron chi connectivity index (χ3n) is 3.71. The lowest BCUT2D eigenvalue weighted by atomic mass is 10.1. The molecular weight excluding hydrogens is 278 g/mol. The third-order valence-corrected chi connectivity index (χ3v) is 3.71. The van der Waals surface area contributed by atoms with E-state index in [4.69, 9.17) is 13.9 Å². The standard InChI is InChI=1S/C18H25NO3/c1-12(19-14(3)16-8-6-13(2)22-16)10-15-7-9-17(20-4)18(11-15)21-5/h6-9,11-12,14,19H,10H2,1-5H3. The van der Waals surface area contributed by atoms with Gasteiger partial charge in [-0.15, -0.1) is 0 Å². The van der Waals surface area contributed by atoms with Crippen LogP contribution in [0.15, 0.2) is 34.7 Å². The maximum absolute atomic E-state index is 5.66. The highest BCUT2D eigenvalue weighted by Gasteiger charge is 2.14. The zero-order chi connectivity index (χ0) is 16.1. The molecule has 2 aromatic rings. The first-order valence-corrected chi connectivity index (χ1v) is 7.56. The first kappa shape index (κ1) is 16.4. The molecule has 1 N–H and O–H groups in total. The van der Waals surface area contributed by atoms with Crippen LogP contribution in [0.5, 0.6) is 11.5 Å². The van der Waals surface area contributed by atoms with E-state index >= 15 is 0 Å². The van der Waals surface area contributed by atoms with Gasteiger partial charge in [0.1, 0.15) is 11.5 Å². The number of furan rings is 1. The predicted molar refractivity (Wildman–Crippen MR) is 87.7 cm³/mol. The second kappa shape index (κ2) is 7.36. The molecule has 1 aromatic heterocycles. The van der Waals surface area contributed by atoms with Crippen molar-refractivity contribution in [1.82, 2.24) is 5.32 Å². The minimum atomic E-state index is 0.184. The van der Waals surface area contributed by atoms with Gasteiger partial charge in [0.15, 0.2) is 11.5 Å². The Morgan fingerprint density at radius 3 is 2.36 bits per heavy atom. The van der Waals surface area contributed by atoms with E-state index in [0.717, 1.165) is 29.4 Å². The Morgan fingerprint density at radius 1 is 1.05 bits per heavy atom. The molecule has 0 aliphatic carbocycles. The van der Waals surface area contributed by atoms with Crippen LogP contribution in [0.2, 0.25) is 0 Å². The Morgan fingerprint density at radius 2 is 1.77 bits per heavy atom. The van der Waals surface area contributed by atoms with Crippen molar-refractivity contribution in [3.63, 3.8) is 0 Å². The molecule has 0 radical (unpaired) electrons. The minimum Gasteiger partial charge on any atom is -0.493 e. The number of rotatable bonds is 7. The highest BCUT2D eigenvalue weighted by molar-refractivity contribution is 5.43. The summed E-state index contributed by atoms with van der Waals surface area (Å²) in [5.74, 6) is 3.43. The molecule has 0 amide bonds. The second-order valence-corrected chi connectivity index (χ2v) is 5.63. The summed E-state index contributed by atoms with van der Waals surface area (Å²) in [5, 5.41) is 3.56. The molecule has 0 bridgehead atoms. The van der Waals surface area contributed by atoms with Crippen molar-refractivity contribution in [3.05, 3.63) is 47.4 Å². The molecule has 1 heterocycles. The van der Waals surface area contributed by atoms with Gasteiger partial charge in [-0.05, 0) is 57.0 Å². The first-order chi connectivity index (χ1) is 10.5. The van der Waals surface area contributed by atoms with Crippen molar-refractivity contribution in [3.8, 4) is 11.5 Å². The molecule has 0 aliphatic heterocycles. The topological polar surface area (TPSA) is 43.6 Å². The Hall–Kier alpha value is -1.94. The number of hydrogen-bond donors (Lipinski definition) is 1. The Kier molecular flexibility index (Phi) is 5.50. The summed E-state index contributed by atoms with van der Waals surface area (Å²) in [7, 11) is 3.30. The molecule has 0 spiro atoms. The van der Waals surface area contributed by atoms with E-state index < -0.39 is 0 Å². The normalized spacial score (nSPS) is 13.7. The van der Waals surface area contributed by atoms with Crippen LogP contribution >= 0.6 is 0 Å². The molecule has 1 aromatic carbocycles. The van der Waals surface area contributed by atoms with Crippen molar-refractivity contribution in [2.75, 3.05) is 14.2 Å². The van der Waals surface area contributed by atoms with Gasteiger partial charge in [-0.3, -0.25) is 0 Å². The smallest absolute Gasteiger partial charge is 0.160 e. The van der Waals surface area contributed by atoms with Crippen LogP contribution in [0.1, 0.15) is 37.0 Å². The summed E-state index contributed by atoms with van der Waals surface area (Å²) >= 11 is 0. The zero-order valence-corrected chi connectivity index (χ0v) is 14.0. The van der Waals surface area contributed by atoms with Crippen LogP contribution in [-0.4, -0.2) is 20.3 Å². The van der Waals surface area contributed by atoms with Gasteiger partial charge >= 0.3 is 0 Å². The number of ether oxygens (including phenoxy) is 2. The molecule has 2 atom stereocenters. The average Bonchev–Trinajstić information content (AvgIpc) is 2.93. The van der Waals surface area contributed by atoms with E-state index in [2.05, 4.69) is 25.2 Å². The van der Waals surface area contributed by atoms with Crippen molar-refractivity contribution >= 4 is 0 Å². The summed E-state index contributed by atoms with van der Waals surface area (Å²) in [6.07, 6.45) is 0.907. The largest absolute Gasteiger partial charge is 0.493 e. The summed E-state index contributed by atoms with van der Waals surface area (Å²) in [6, 6.07) is 10.6. The first-order valence-electron chi connectivity index (χ1n) is 7.56.